The zero-order chi connectivity index (χ0) is 14.7. The molecule has 0 bridgehead atoms. The Morgan fingerprint density at radius 3 is 2.42 bits per heavy atom. The lowest BCUT2D eigenvalue weighted by molar-refractivity contribution is -0.139. The van der Waals surface area contributed by atoms with Crippen molar-refractivity contribution in [2.75, 3.05) is 26.4 Å². The van der Waals surface area contributed by atoms with E-state index in [0.29, 0.717) is 6.42 Å². The average Bonchev–Trinajstić information content (AvgIpc) is 2.29. The van der Waals surface area contributed by atoms with Crippen LogP contribution in [0.5, 0.6) is 0 Å². The molecule has 9 nitrogen and oxygen atoms in total. The number of rotatable bonds is 9. The van der Waals surface area contributed by atoms with Gasteiger partial charge in [-0.25, -0.2) is 19.2 Å². The summed E-state index contributed by atoms with van der Waals surface area (Å²) in [4.78, 5) is 38.1. The van der Waals surface area contributed by atoms with E-state index in [9.17, 15) is 14.2 Å². The molecular weight excluding hydrogens is 281 g/mol. The van der Waals surface area contributed by atoms with Crippen molar-refractivity contribution < 1.29 is 38.2 Å². The summed E-state index contributed by atoms with van der Waals surface area (Å²) in [6.45, 7) is 3.68. The zero-order valence-corrected chi connectivity index (χ0v) is 11.0. The Hall–Kier alpha value is -1.41. The van der Waals surface area contributed by atoms with Crippen molar-refractivity contribution in [2.45, 2.75) is 6.42 Å². The summed E-state index contributed by atoms with van der Waals surface area (Å²) in [5.74, 6) is -0.541. The average molecular weight is 297 g/mol. The molecule has 3 N–H and O–H groups in total. The summed E-state index contributed by atoms with van der Waals surface area (Å²) in [7, 11) is -4.62. The van der Waals surface area contributed by atoms with E-state index in [4.69, 9.17) is 14.5 Å². The normalized spacial score (nSPS) is 10.6. The van der Waals surface area contributed by atoms with Crippen LogP contribution >= 0.6 is 7.75 Å². The van der Waals surface area contributed by atoms with Crippen LogP contribution in [0.3, 0.4) is 0 Å². The molecule has 0 aliphatic heterocycles. The van der Waals surface area contributed by atoms with Gasteiger partial charge in [-0.1, -0.05) is 6.58 Å². The lowest BCUT2D eigenvalue weighted by Gasteiger charge is -2.08. The van der Waals surface area contributed by atoms with Gasteiger partial charge in [-0.3, -0.25) is 0 Å². The van der Waals surface area contributed by atoms with Crippen LogP contribution < -0.4 is 5.09 Å². The van der Waals surface area contributed by atoms with Gasteiger partial charge in [0, 0.05) is 19.1 Å². The number of hydrogen-bond donors (Lipinski definition) is 3. The standard InChI is InChI=1S/C9H16NO8P/c1-2-8(11)17-7-6-16-4-3-5-18-9(12)10-19(13,14)15/h2H,1,3-7H2,(H3,10,12,13,14,15). The van der Waals surface area contributed by atoms with E-state index in [1.165, 1.54) is 5.09 Å². The number of hydrogen-bond acceptors (Lipinski definition) is 6. The molecule has 10 heteroatoms. The predicted octanol–water partition coefficient (Wildman–Crippen LogP) is -0.0588. The van der Waals surface area contributed by atoms with E-state index in [0.717, 1.165) is 6.08 Å². The molecule has 0 saturated heterocycles. The second-order valence-electron chi connectivity index (χ2n) is 3.13. The monoisotopic (exact) mass is 297 g/mol. The molecule has 0 heterocycles. The highest BCUT2D eigenvalue weighted by molar-refractivity contribution is 7.50. The maximum absolute atomic E-state index is 10.8. The first-order chi connectivity index (χ1) is 8.85. The van der Waals surface area contributed by atoms with Crippen LogP contribution in [0.2, 0.25) is 0 Å². The van der Waals surface area contributed by atoms with Gasteiger partial charge < -0.3 is 24.0 Å². The van der Waals surface area contributed by atoms with Crippen molar-refractivity contribution in [1.29, 1.82) is 0 Å². The number of carbonyl (C=O) groups excluding carboxylic acids is 2. The number of ether oxygens (including phenoxy) is 3. The quantitative estimate of drug-likeness (QED) is 0.233. The molecule has 0 aromatic heterocycles. The summed E-state index contributed by atoms with van der Waals surface area (Å²) >= 11 is 0. The molecule has 0 fully saturated rings. The van der Waals surface area contributed by atoms with Crippen LogP contribution in [0.15, 0.2) is 12.7 Å². The van der Waals surface area contributed by atoms with Gasteiger partial charge in [-0.15, -0.1) is 0 Å². The van der Waals surface area contributed by atoms with Crippen molar-refractivity contribution in [3.63, 3.8) is 0 Å². The third kappa shape index (κ3) is 12.8. The topological polar surface area (TPSA) is 131 Å². The second-order valence-corrected chi connectivity index (χ2v) is 4.44. The van der Waals surface area contributed by atoms with Crippen molar-refractivity contribution >= 4 is 19.8 Å². The molecule has 110 valence electrons. The summed E-state index contributed by atoms with van der Waals surface area (Å²) in [5, 5.41) is 1.35. The number of nitrogens with one attached hydrogen (secondary N) is 1. The molecule has 0 spiro atoms. The second kappa shape index (κ2) is 9.51. The third-order valence-electron chi connectivity index (χ3n) is 1.54. The van der Waals surface area contributed by atoms with Crippen molar-refractivity contribution in [3.05, 3.63) is 12.7 Å². The van der Waals surface area contributed by atoms with E-state index in [-0.39, 0.29) is 26.4 Å². The fourth-order valence-corrected chi connectivity index (χ4v) is 1.14. The molecule has 0 saturated carbocycles. The van der Waals surface area contributed by atoms with E-state index < -0.39 is 19.8 Å². The predicted molar refractivity (Wildman–Crippen MR) is 63.1 cm³/mol. The van der Waals surface area contributed by atoms with Gasteiger partial charge in [-0.2, -0.15) is 0 Å². The number of esters is 1. The smallest absolute Gasteiger partial charge is 0.432 e. The molecule has 0 aromatic carbocycles. The summed E-state index contributed by atoms with van der Waals surface area (Å²) < 4.78 is 24.5. The summed E-state index contributed by atoms with van der Waals surface area (Å²) in [5.41, 5.74) is 0. The Morgan fingerprint density at radius 1 is 1.16 bits per heavy atom. The fourth-order valence-electron chi connectivity index (χ4n) is 0.839. The highest BCUT2D eigenvalue weighted by Gasteiger charge is 2.17. The van der Waals surface area contributed by atoms with Crippen molar-refractivity contribution in [3.8, 4) is 0 Å². The van der Waals surface area contributed by atoms with Crippen LogP contribution in [0.4, 0.5) is 4.79 Å². The highest BCUT2D eigenvalue weighted by atomic mass is 31.2. The first-order valence-electron chi connectivity index (χ1n) is 5.22. The van der Waals surface area contributed by atoms with E-state index >= 15 is 0 Å². The summed E-state index contributed by atoms with van der Waals surface area (Å²) in [6.07, 6.45) is 0.172. The molecule has 19 heavy (non-hydrogen) atoms. The highest BCUT2D eigenvalue weighted by Crippen LogP contribution is 2.27. The Balaban J connectivity index is 3.36. The summed E-state index contributed by atoms with van der Waals surface area (Å²) in [6, 6.07) is 0. The number of carbonyl (C=O) groups is 2. The minimum atomic E-state index is -4.62. The van der Waals surface area contributed by atoms with Gasteiger partial charge in [0.25, 0.3) is 0 Å². The molecule has 0 unspecified atom stereocenters. The first-order valence-corrected chi connectivity index (χ1v) is 6.84. The van der Waals surface area contributed by atoms with E-state index in [1.807, 2.05) is 0 Å². The Kier molecular flexibility index (Phi) is 8.81. The molecule has 0 aliphatic carbocycles. The molecule has 0 radical (unpaired) electrons. The van der Waals surface area contributed by atoms with Gasteiger partial charge >= 0.3 is 19.8 Å². The van der Waals surface area contributed by atoms with Gasteiger partial charge in [0.15, 0.2) is 0 Å². The van der Waals surface area contributed by atoms with Gasteiger partial charge in [0.05, 0.1) is 13.2 Å². The van der Waals surface area contributed by atoms with Crippen LogP contribution in [-0.2, 0) is 23.6 Å². The largest absolute Gasteiger partial charge is 0.460 e. The molecule has 0 aliphatic rings. The van der Waals surface area contributed by atoms with E-state index in [1.54, 1.807) is 0 Å². The molecular formula is C9H16NO8P. The zero-order valence-electron chi connectivity index (χ0n) is 10.1. The van der Waals surface area contributed by atoms with Crippen LogP contribution in [0.25, 0.3) is 0 Å². The van der Waals surface area contributed by atoms with Crippen LogP contribution in [-0.4, -0.2) is 48.3 Å². The van der Waals surface area contributed by atoms with Gasteiger partial charge in [0.2, 0.25) is 0 Å². The minimum absolute atomic E-state index is 0.0573. The Morgan fingerprint density at radius 2 is 1.84 bits per heavy atom. The molecule has 0 atom stereocenters. The lowest BCUT2D eigenvalue weighted by atomic mass is 10.5. The van der Waals surface area contributed by atoms with Crippen molar-refractivity contribution in [1.82, 2.24) is 5.09 Å². The van der Waals surface area contributed by atoms with Crippen molar-refractivity contribution in [2.24, 2.45) is 0 Å². The SMILES string of the molecule is C=CC(=O)OCCOCCCOC(=O)NP(=O)(O)O. The Labute approximate surface area is 109 Å². The minimum Gasteiger partial charge on any atom is -0.460 e. The van der Waals surface area contributed by atoms with Crippen LogP contribution in [0.1, 0.15) is 6.42 Å². The first kappa shape index (κ1) is 17.6. The lowest BCUT2D eigenvalue weighted by Crippen LogP contribution is -2.22. The fraction of sp³-hybridized carbons (Fsp3) is 0.556. The molecule has 0 aromatic rings. The van der Waals surface area contributed by atoms with Crippen LogP contribution in [0, 0.1) is 0 Å². The molecule has 1 amide bonds. The maximum atomic E-state index is 10.8. The molecule has 0 rings (SSSR count). The maximum Gasteiger partial charge on any atom is 0.432 e. The Bertz CT molecular complexity index is 352. The van der Waals surface area contributed by atoms with Gasteiger partial charge in [0.1, 0.15) is 6.61 Å². The number of amides is 1. The van der Waals surface area contributed by atoms with E-state index in [2.05, 4.69) is 16.1 Å². The van der Waals surface area contributed by atoms with Gasteiger partial charge in [-0.05, 0) is 0 Å². The third-order valence-corrected chi connectivity index (χ3v) is 2.02.